The van der Waals surface area contributed by atoms with Crippen LogP contribution in [0.4, 0.5) is 0 Å². The van der Waals surface area contributed by atoms with Crippen LogP contribution in [0.15, 0.2) is 34.7 Å². The van der Waals surface area contributed by atoms with Gasteiger partial charge in [0, 0.05) is 31.2 Å². The van der Waals surface area contributed by atoms with Crippen LogP contribution in [0.3, 0.4) is 0 Å². The number of rotatable bonds is 6. The Hall–Kier alpha value is -2.18. The number of oxazole rings is 1. The Labute approximate surface area is 148 Å². The molecule has 2 aromatic rings. The number of aromatic nitrogens is 1. The van der Waals surface area contributed by atoms with E-state index in [9.17, 15) is 4.79 Å². The van der Waals surface area contributed by atoms with E-state index in [1.807, 2.05) is 37.3 Å². The zero-order valence-corrected chi connectivity index (χ0v) is 14.8. The van der Waals surface area contributed by atoms with Crippen molar-refractivity contribution in [1.29, 1.82) is 0 Å². The maximum Gasteiger partial charge on any atom is 0.226 e. The molecule has 1 saturated heterocycles. The molecule has 1 amide bonds. The number of amides is 1. The van der Waals surface area contributed by atoms with Crippen molar-refractivity contribution in [1.82, 2.24) is 15.2 Å². The van der Waals surface area contributed by atoms with Gasteiger partial charge in [0.2, 0.25) is 11.8 Å². The van der Waals surface area contributed by atoms with Gasteiger partial charge >= 0.3 is 0 Å². The second-order valence-electron chi connectivity index (χ2n) is 6.37. The molecule has 134 valence electrons. The van der Waals surface area contributed by atoms with Crippen LogP contribution in [-0.4, -0.2) is 54.7 Å². The molecule has 1 atom stereocenters. The second kappa shape index (κ2) is 8.27. The van der Waals surface area contributed by atoms with E-state index in [0.717, 1.165) is 31.9 Å². The number of hydrogen-bond acceptors (Lipinski definition) is 5. The Kier molecular flexibility index (Phi) is 5.83. The largest absolute Gasteiger partial charge is 0.441 e. The van der Waals surface area contributed by atoms with Gasteiger partial charge in [-0.2, -0.15) is 0 Å². The molecule has 1 N–H and O–H groups in total. The van der Waals surface area contributed by atoms with Crippen LogP contribution >= 0.6 is 0 Å². The minimum atomic E-state index is -0.0314. The van der Waals surface area contributed by atoms with Crippen LogP contribution < -0.4 is 5.32 Å². The van der Waals surface area contributed by atoms with Crippen LogP contribution in [0, 0.1) is 6.92 Å². The summed E-state index contributed by atoms with van der Waals surface area (Å²) < 4.78 is 11.1. The lowest BCUT2D eigenvalue weighted by Crippen LogP contribution is -2.47. The van der Waals surface area contributed by atoms with Gasteiger partial charge in [0.1, 0.15) is 5.76 Å². The fourth-order valence-corrected chi connectivity index (χ4v) is 2.92. The van der Waals surface area contributed by atoms with Gasteiger partial charge in [0.15, 0.2) is 0 Å². The Balaban J connectivity index is 1.53. The van der Waals surface area contributed by atoms with Gasteiger partial charge in [-0.15, -0.1) is 0 Å². The number of nitrogens with one attached hydrogen (secondary N) is 1. The van der Waals surface area contributed by atoms with Gasteiger partial charge in [-0.1, -0.05) is 18.2 Å². The lowest BCUT2D eigenvalue weighted by molar-refractivity contribution is -0.120. The van der Waals surface area contributed by atoms with Crippen LogP contribution in [0.25, 0.3) is 11.5 Å². The van der Waals surface area contributed by atoms with Crippen LogP contribution in [0.5, 0.6) is 0 Å². The summed E-state index contributed by atoms with van der Waals surface area (Å²) in [4.78, 5) is 19.1. The van der Waals surface area contributed by atoms with E-state index in [-0.39, 0.29) is 12.3 Å². The first-order valence-electron chi connectivity index (χ1n) is 8.73. The van der Waals surface area contributed by atoms with E-state index in [1.165, 1.54) is 0 Å². The summed E-state index contributed by atoms with van der Waals surface area (Å²) in [6, 6.07) is 10.0. The summed E-state index contributed by atoms with van der Waals surface area (Å²) >= 11 is 0. The Bertz CT molecular complexity index is 693. The molecular weight excluding hydrogens is 318 g/mol. The zero-order valence-electron chi connectivity index (χ0n) is 14.8. The van der Waals surface area contributed by atoms with Gasteiger partial charge in [-0.05, 0) is 26.0 Å². The van der Waals surface area contributed by atoms with Crippen molar-refractivity contribution in [2.45, 2.75) is 26.3 Å². The minimum absolute atomic E-state index is 0.0314. The number of benzene rings is 1. The zero-order chi connectivity index (χ0) is 17.6. The molecule has 0 aliphatic carbocycles. The third-order valence-electron chi connectivity index (χ3n) is 4.51. The fourth-order valence-electron chi connectivity index (χ4n) is 2.92. The van der Waals surface area contributed by atoms with Gasteiger partial charge in [-0.3, -0.25) is 9.69 Å². The molecule has 2 heterocycles. The average molecular weight is 343 g/mol. The smallest absolute Gasteiger partial charge is 0.226 e. The highest BCUT2D eigenvalue weighted by atomic mass is 16.5. The van der Waals surface area contributed by atoms with Crippen molar-refractivity contribution >= 4 is 5.91 Å². The highest BCUT2D eigenvalue weighted by Gasteiger charge is 2.19. The van der Waals surface area contributed by atoms with Crippen LogP contribution in [-0.2, 0) is 16.0 Å². The summed E-state index contributed by atoms with van der Waals surface area (Å²) in [5, 5.41) is 3.00. The second-order valence-corrected chi connectivity index (χ2v) is 6.37. The molecule has 0 saturated carbocycles. The summed E-state index contributed by atoms with van der Waals surface area (Å²) in [7, 11) is 0. The number of hydrogen-bond donors (Lipinski definition) is 1. The highest BCUT2D eigenvalue weighted by molar-refractivity contribution is 5.78. The minimum Gasteiger partial charge on any atom is -0.441 e. The molecule has 1 aromatic carbocycles. The molecule has 25 heavy (non-hydrogen) atoms. The number of ether oxygens (including phenoxy) is 1. The van der Waals surface area contributed by atoms with Gasteiger partial charge in [0.05, 0.1) is 25.3 Å². The maximum atomic E-state index is 12.3. The molecule has 1 aliphatic rings. The van der Waals surface area contributed by atoms with E-state index in [0.29, 0.717) is 29.9 Å². The molecule has 0 spiro atoms. The number of aryl methyl sites for hydroxylation is 1. The van der Waals surface area contributed by atoms with Crippen molar-refractivity contribution < 1.29 is 13.9 Å². The van der Waals surface area contributed by atoms with E-state index in [2.05, 4.69) is 22.1 Å². The van der Waals surface area contributed by atoms with Gasteiger partial charge in [-0.25, -0.2) is 4.98 Å². The SMILES string of the molecule is Cc1oc(-c2ccccc2)nc1CC(=O)NCC(C)N1CCOCC1. The normalized spacial score (nSPS) is 16.6. The molecule has 6 nitrogen and oxygen atoms in total. The predicted molar refractivity (Wildman–Crippen MR) is 95.2 cm³/mol. The molecule has 1 aromatic heterocycles. The molecule has 0 bridgehead atoms. The number of carbonyl (C=O) groups is 1. The Morgan fingerprint density at radius 3 is 2.72 bits per heavy atom. The third-order valence-corrected chi connectivity index (χ3v) is 4.51. The Morgan fingerprint density at radius 1 is 1.28 bits per heavy atom. The molecule has 0 radical (unpaired) electrons. The fraction of sp³-hybridized carbons (Fsp3) is 0.474. The van der Waals surface area contributed by atoms with Crippen molar-refractivity contribution in [2.24, 2.45) is 0 Å². The van der Waals surface area contributed by atoms with E-state index in [4.69, 9.17) is 9.15 Å². The van der Waals surface area contributed by atoms with E-state index >= 15 is 0 Å². The molecule has 3 rings (SSSR count). The first-order chi connectivity index (χ1) is 12.1. The lowest BCUT2D eigenvalue weighted by atomic mass is 10.2. The predicted octanol–water partition coefficient (Wildman–Crippen LogP) is 2.03. The van der Waals surface area contributed by atoms with Gasteiger partial charge in [0.25, 0.3) is 0 Å². The summed E-state index contributed by atoms with van der Waals surface area (Å²) in [5.74, 6) is 1.22. The molecular formula is C19H25N3O3. The number of nitrogens with zero attached hydrogens (tertiary/aromatic N) is 2. The van der Waals surface area contributed by atoms with Crippen molar-refractivity contribution in [3.63, 3.8) is 0 Å². The number of carbonyl (C=O) groups excluding carboxylic acids is 1. The quantitative estimate of drug-likeness (QED) is 0.869. The summed E-state index contributed by atoms with van der Waals surface area (Å²) in [6.45, 7) is 7.96. The average Bonchev–Trinajstić information content (AvgIpc) is 3.01. The van der Waals surface area contributed by atoms with Crippen molar-refractivity contribution in [3.8, 4) is 11.5 Å². The molecule has 1 fully saturated rings. The van der Waals surface area contributed by atoms with Crippen LogP contribution in [0.1, 0.15) is 18.4 Å². The van der Waals surface area contributed by atoms with Gasteiger partial charge < -0.3 is 14.5 Å². The van der Waals surface area contributed by atoms with Crippen molar-refractivity contribution in [3.05, 3.63) is 41.8 Å². The monoisotopic (exact) mass is 343 g/mol. The first-order valence-corrected chi connectivity index (χ1v) is 8.73. The molecule has 1 aliphatic heterocycles. The lowest BCUT2D eigenvalue weighted by Gasteiger charge is -2.32. The standard InChI is InChI=1S/C19H25N3O3/c1-14(22-8-10-24-11-9-22)13-20-18(23)12-17-15(2)25-19(21-17)16-6-4-3-5-7-16/h3-7,14H,8-13H2,1-2H3,(H,20,23). The van der Waals surface area contributed by atoms with Crippen molar-refractivity contribution in [2.75, 3.05) is 32.8 Å². The Morgan fingerprint density at radius 2 is 2.00 bits per heavy atom. The summed E-state index contributed by atoms with van der Waals surface area (Å²) in [5.41, 5.74) is 1.61. The highest BCUT2D eigenvalue weighted by Crippen LogP contribution is 2.21. The third kappa shape index (κ3) is 4.67. The van der Waals surface area contributed by atoms with Crippen LogP contribution in [0.2, 0.25) is 0 Å². The molecule has 1 unspecified atom stereocenters. The van der Waals surface area contributed by atoms with E-state index in [1.54, 1.807) is 0 Å². The number of morpholine rings is 1. The topological polar surface area (TPSA) is 67.6 Å². The molecule has 6 heteroatoms. The van der Waals surface area contributed by atoms with E-state index < -0.39 is 0 Å². The summed E-state index contributed by atoms with van der Waals surface area (Å²) in [6.07, 6.45) is 0.234. The maximum absolute atomic E-state index is 12.3. The first kappa shape index (κ1) is 17.6.